The predicted octanol–water partition coefficient (Wildman–Crippen LogP) is 3.28. The van der Waals surface area contributed by atoms with Gasteiger partial charge in [-0.1, -0.05) is 32.0 Å². The molecule has 0 aromatic heterocycles. The maximum Gasteiger partial charge on any atom is 0.267 e. The summed E-state index contributed by atoms with van der Waals surface area (Å²) in [7, 11) is 0. The van der Waals surface area contributed by atoms with E-state index in [-0.39, 0.29) is 24.0 Å². The molecule has 1 fully saturated rings. The van der Waals surface area contributed by atoms with E-state index < -0.39 is 6.10 Å². The van der Waals surface area contributed by atoms with E-state index in [1.165, 1.54) is 11.1 Å². The third-order valence-electron chi connectivity index (χ3n) is 7.06. The van der Waals surface area contributed by atoms with Crippen molar-refractivity contribution in [2.45, 2.75) is 44.2 Å². The minimum atomic E-state index is -0.604. The molecule has 2 aliphatic heterocycles. The fourth-order valence-corrected chi connectivity index (χ4v) is 5.21. The van der Waals surface area contributed by atoms with E-state index in [9.17, 15) is 9.90 Å². The van der Waals surface area contributed by atoms with Crippen LogP contribution in [0.15, 0.2) is 42.5 Å². The van der Waals surface area contributed by atoms with Crippen LogP contribution in [0.3, 0.4) is 0 Å². The van der Waals surface area contributed by atoms with Gasteiger partial charge in [0.05, 0.1) is 0 Å². The Morgan fingerprint density at radius 2 is 2.00 bits per heavy atom. The number of aromatic hydroxyl groups is 1. The minimum Gasteiger partial charge on any atom is -0.508 e. The fourth-order valence-electron chi connectivity index (χ4n) is 5.21. The highest BCUT2D eigenvalue weighted by molar-refractivity contribution is 5.82. The van der Waals surface area contributed by atoms with Crippen LogP contribution in [0.1, 0.15) is 31.4 Å². The Morgan fingerprint density at radius 1 is 1.21 bits per heavy atom. The van der Waals surface area contributed by atoms with E-state index in [4.69, 9.17) is 9.47 Å². The lowest BCUT2D eigenvalue weighted by molar-refractivity contribution is -0.148. The highest BCUT2D eigenvalue weighted by Crippen LogP contribution is 2.49. The van der Waals surface area contributed by atoms with E-state index in [0.29, 0.717) is 29.7 Å². The van der Waals surface area contributed by atoms with Crippen LogP contribution >= 0.6 is 0 Å². The highest BCUT2D eigenvalue weighted by Gasteiger charge is 2.50. The summed E-state index contributed by atoms with van der Waals surface area (Å²) in [6.45, 7) is 5.43. The molecule has 2 aromatic carbocycles. The fraction of sp³-hybridized carbons (Fsp3) is 0.435. The molecule has 0 saturated carbocycles. The maximum absolute atomic E-state index is 13.4. The summed E-state index contributed by atoms with van der Waals surface area (Å²) in [6, 6.07) is 13.3. The van der Waals surface area contributed by atoms with Gasteiger partial charge in [-0.25, -0.2) is 0 Å². The molecule has 2 aromatic rings. The number of ether oxygens (including phenoxy) is 2. The molecule has 2 bridgehead atoms. The Hall–Kier alpha value is -2.69. The van der Waals surface area contributed by atoms with Crippen LogP contribution in [0.2, 0.25) is 0 Å². The summed E-state index contributed by atoms with van der Waals surface area (Å²) in [5.74, 6) is 1.95. The van der Waals surface area contributed by atoms with Gasteiger partial charge in [-0.2, -0.15) is 0 Å². The minimum absolute atomic E-state index is 0.00984. The average Bonchev–Trinajstić information content (AvgIpc) is 2.70. The van der Waals surface area contributed by atoms with Crippen LogP contribution in [-0.4, -0.2) is 41.2 Å². The number of phenols is 1. The first-order valence-corrected chi connectivity index (χ1v) is 9.99. The zero-order valence-corrected chi connectivity index (χ0v) is 16.2. The van der Waals surface area contributed by atoms with Gasteiger partial charge >= 0.3 is 0 Å². The molecule has 4 atom stereocenters. The summed E-state index contributed by atoms with van der Waals surface area (Å²) < 4.78 is 11.7. The number of benzene rings is 2. The third kappa shape index (κ3) is 2.49. The van der Waals surface area contributed by atoms with Gasteiger partial charge in [0, 0.05) is 12.6 Å². The van der Waals surface area contributed by atoms with Gasteiger partial charge in [0.1, 0.15) is 12.4 Å². The van der Waals surface area contributed by atoms with Gasteiger partial charge < -0.3 is 19.5 Å². The molecule has 2 unspecified atom stereocenters. The van der Waals surface area contributed by atoms with Crippen LogP contribution in [0.25, 0.3) is 0 Å². The van der Waals surface area contributed by atoms with Crippen LogP contribution in [-0.2, 0) is 16.6 Å². The molecule has 1 aliphatic carbocycles. The largest absolute Gasteiger partial charge is 0.508 e. The van der Waals surface area contributed by atoms with E-state index >= 15 is 0 Å². The number of phenolic OH excluding ortho intramolecular Hbond substituents is 1. The number of fused-ring (bicyclic) bond motifs is 5. The van der Waals surface area contributed by atoms with Gasteiger partial charge in [0.2, 0.25) is 6.10 Å². The van der Waals surface area contributed by atoms with Crippen molar-refractivity contribution >= 4 is 5.91 Å². The number of rotatable bonds is 1. The monoisotopic (exact) mass is 379 g/mol. The predicted molar refractivity (Wildman–Crippen MR) is 105 cm³/mol. The Bertz CT molecular complexity index is 942. The van der Waals surface area contributed by atoms with Crippen molar-refractivity contribution < 1.29 is 19.4 Å². The molecule has 1 saturated heterocycles. The summed E-state index contributed by atoms with van der Waals surface area (Å²) in [5.41, 5.74) is 2.42. The molecule has 146 valence electrons. The lowest BCUT2D eigenvalue weighted by Gasteiger charge is -2.55. The molecule has 5 heteroatoms. The molecule has 0 spiro atoms. The van der Waals surface area contributed by atoms with Gasteiger partial charge in [0.25, 0.3) is 5.91 Å². The second-order valence-electron chi connectivity index (χ2n) is 8.46. The number of para-hydroxylation sites is 2. The third-order valence-corrected chi connectivity index (χ3v) is 7.06. The second-order valence-corrected chi connectivity index (χ2v) is 8.46. The van der Waals surface area contributed by atoms with Crippen molar-refractivity contribution in [1.82, 2.24) is 4.90 Å². The Morgan fingerprint density at radius 3 is 2.82 bits per heavy atom. The zero-order valence-electron chi connectivity index (χ0n) is 16.2. The number of hydrogen-bond donors (Lipinski definition) is 1. The van der Waals surface area contributed by atoms with Crippen LogP contribution in [0.5, 0.6) is 17.2 Å². The van der Waals surface area contributed by atoms with Crippen LogP contribution in [0, 0.1) is 5.92 Å². The zero-order chi connectivity index (χ0) is 19.5. The number of carbonyl (C=O) groups is 1. The number of amides is 1. The second kappa shape index (κ2) is 6.16. The first-order chi connectivity index (χ1) is 13.5. The van der Waals surface area contributed by atoms with Gasteiger partial charge in [-0.15, -0.1) is 0 Å². The van der Waals surface area contributed by atoms with E-state index in [1.54, 1.807) is 6.07 Å². The summed E-state index contributed by atoms with van der Waals surface area (Å²) in [5, 5.41) is 9.98. The Labute approximate surface area is 164 Å². The van der Waals surface area contributed by atoms with Crippen LogP contribution in [0.4, 0.5) is 0 Å². The van der Waals surface area contributed by atoms with Crippen molar-refractivity contribution in [3.8, 4) is 17.2 Å². The summed E-state index contributed by atoms with van der Waals surface area (Å²) in [4.78, 5) is 15.4. The Kier molecular flexibility index (Phi) is 3.83. The first kappa shape index (κ1) is 17.4. The Balaban J connectivity index is 1.43. The molecule has 3 aliphatic rings. The standard InChI is InChI=1S/C23H25NO4/c1-14-18-11-15-7-8-16(25)12-17(15)23(14,2)9-10-24(18)22(26)21-13-27-19-5-3-4-6-20(19)28-21/h3-8,12,14,18,21,25H,9-11,13H2,1-2H3/t14?,18-,21?,23-/m1/s1. The number of carbonyl (C=O) groups excluding carboxylic acids is 1. The number of likely N-dealkylation sites (tertiary alicyclic amines) is 1. The van der Waals surface area contributed by atoms with Crippen molar-refractivity contribution in [3.05, 3.63) is 53.6 Å². The van der Waals surface area contributed by atoms with Crippen molar-refractivity contribution in [2.24, 2.45) is 5.92 Å². The number of nitrogens with zero attached hydrogens (tertiary/aromatic N) is 1. The lowest BCUT2D eigenvalue weighted by atomic mass is 9.59. The number of hydrogen-bond acceptors (Lipinski definition) is 4. The molecular weight excluding hydrogens is 354 g/mol. The number of piperidine rings is 1. The lowest BCUT2D eigenvalue weighted by Crippen LogP contribution is -2.62. The quantitative estimate of drug-likeness (QED) is 0.826. The van der Waals surface area contributed by atoms with E-state index in [0.717, 1.165) is 12.8 Å². The van der Waals surface area contributed by atoms with Crippen molar-refractivity contribution in [3.63, 3.8) is 0 Å². The maximum atomic E-state index is 13.4. The topological polar surface area (TPSA) is 59.0 Å². The van der Waals surface area contributed by atoms with E-state index in [2.05, 4.69) is 13.8 Å². The summed E-state index contributed by atoms with van der Waals surface area (Å²) in [6.07, 6.45) is 1.08. The molecule has 1 amide bonds. The molecule has 5 rings (SSSR count). The smallest absolute Gasteiger partial charge is 0.267 e. The molecule has 0 radical (unpaired) electrons. The molecule has 28 heavy (non-hydrogen) atoms. The van der Waals surface area contributed by atoms with Crippen LogP contribution < -0.4 is 9.47 Å². The van der Waals surface area contributed by atoms with Crippen molar-refractivity contribution in [1.29, 1.82) is 0 Å². The van der Waals surface area contributed by atoms with Gasteiger partial charge in [-0.05, 0) is 59.6 Å². The normalized spacial score (nSPS) is 30.5. The highest BCUT2D eigenvalue weighted by atomic mass is 16.6. The SMILES string of the molecule is CC1[C@H]2Cc3ccc(O)cc3[C@]1(C)CCN2C(=O)C1COc2ccccc2O1. The van der Waals surface area contributed by atoms with Crippen molar-refractivity contribution in [2.75, 3.05) is 13.2 Å². The summed E-state index contributed by atoms with van der Waals surface area (Å²) >= 11 is 0. The molecule has 1 N–H and O–H groups in total. The van der Waals surface area contributed by atoms with Gasteiger partial charge in [-0.3, -0.25) is 4.79 Å². The molecule has 2 heterocycles. The molecule has 5 nitrogen and oxygen atoms in total. The molecular formula is C23H25NO4. The van der Waals surface area contributed by atoms with E-state index in [1.807, 2.05) is 41.3 Å². The average molecular weight is 379 g/mol. The van der Waals surface area contributed by atoms with Gasteiger partial charge in [0.15, 0.2) is 11.5 Å². The first-order valence-electron chi connectivity index (χ1n) is 9.99.